The van der Waals surface area contributed by atoms with Crippen molar-refractivity contribution in [1.82, 2.24) is 10.2 Å². The summed E-state index contributed by atoms with van der Waals surface area (Å²) in [5.74, 6) is -0.459. The quantitative estimate of drug-likeness (QED) is 0.733. The van der Waals surface area contributed by atoms with E-state index in [0.29, 0.717) is 12.3 Å². The molecule has 0 radical (unpaired) electrons. The molecule has 2 N–H and O–H groups in total. The summed E-state index contributed by atoms with van der Waals surface area (Å²) in [5, 5.41) is 11.3. The van der Waals surface area contributed by atoms with E-state index in [4.69, 9.17) is 5.11 Å². The molecule has 1 aliphatic heterocycles. The smallest absolute Gasteiger partial charge is 0.326 e. The van der Waals surface area contributed by atoms with Crippen LogP contribution in [0.3, 0.4) is 0 Å². The molecule has 0 aromatic rings. The molecule has 0 aromatic heterocycles. The number of hydrogen-bond acceptors (Lipinski definition) is 2. The molecule has 5 nitrogen and oxygen atoms in total. The van der Waals surface area contributed by atoms with E-state index >= 15 is 0 Å². The number of nitrogens with one attached hydrogen (secondary N) is 1. The maximum absolute atomic E-state index is 11.6. The monoisotopic (exact) mass is 214 g/mol. The lowest BCUT2D eigenvalue weighted by atomic mass is 10.2. The van der Waals surface area contributed by atoms with Crippen LogP contribution in [0.1, 0.15) is 26.7 Å². The second kappa shape index (κ2) is 5.00. The van der Waals surface area contributed by atoms with Crippen molar-refractivity contribution in [3.05, 3.63) is 0 Å². The highest BCUT2D eigenvalue weighted by Gasteiger charge is 2.26. The van der Waals surface area contributed by atoms with Crippen LogP contribution < -0.4 is 5.32 Å². The normalized spacial score (nSPS) is 22.5. The molecule has 1 saturated heterocycles. The minimum Gasteiger partial charge on any atom is -0.480 e. The van der Waals surface area contributed by atoms with Crippen LogP contribution in [0.5, 0.6) is 0 Å². The summed E-state index contributed by atoms with van der Waals surface area (Å²) in [4.78, 5) is 24.0. The lowest BCUT2D eigenvalue weighted by Crippen LogP contribution is -2.46. The predicted octanol–water partition coefficient (Wildman–Crippen LogP) is 0.901. The summed E-state index contributed by atoms with van der Waals surface area (Å²) >= 11 is 0. The van der Waals surface area contributed by atoms with Gasteiger partial charge in [0.1, 0.15) is 6.04 Å². The van der Waals surface area contributed by atoms with E-state index in [1.54, 1.807) is 11.8 Å². The molecule has 0 spiro atoms. The van der Waals surface area contributed by atoms with E-state index in [2.05, 4.69) is 12.2 Å². The summed E-state index contributed by atoms with van der Waals surface area (Å²) in [6.07, 6.45) is 1.40. The molecule has 15 heavy (non-hydrogen) atoms. The molecular weight excluding hydrogens is 196 g/mol. The highest BCUT2D eigenvalue weighted by atomic mass is 16.4. The van der Waals surface area contributed by atoms with E-state index in [0.717, 1.165) is 19.5 Å². The minimum absolute atomic E-state index is 0.256. The van der Waals surface area contributed by atoms with Gasteiger partial charge in [0.25, 0.3) is 0 Å². The van der Waals surface area contributed by atoms with Gasteiger partial charge >= 0.3 is 12.0 Å². The Morgan fingerprint density at radius 2 is 2.27 bits per heavy atom. The van der Waals surface area contributed by atoms with E-state index < -0.39 is 12.0 Å². The molecule has 0 aromatic carbocycles. The molecule has 1 heterocycles. The second-order valence-electron chi connectivity index (χ2n) is 4.09. The van der Waals surface area contributed by atoms with Gasteiger partial charge in [0, 0.05) is 13.1 Å². The zero-order chi connectivity index (χ0) is 11.4. The Morgan fingerprint density at radius 3 is 2.67 bits per heavy atom. The molecule has 1 rings (SSSR count). The van der Waals surface area contributed by atoms with Crippen molar-refractivity contribution in [2.75, 3.05) is 13.1 Å². The van der Waals surface area contributed by atoms with Crippen LogP contribution >= 0.6 is 0 Å². The van der Waals surface area contributed by atoms with Crippen molar-refractivity contribution in [3.8, 4) is 0 Å². The third-order valence-electron chi connectivity index (χ3n) is 2.72. The van der Waals surface area contributed by atoms with Gasteiger partial charge in [-0.2, -0.15) is 0 Å². The first-order valence-electron chi connectivity index (χ1n) is 5.32. The number of carboxylic acid groups (broad SMARTS) is 1. The van der Waals surface area contributed by atoms with Gasteiger partial charge in [-0.3, -0.25) is 0 Å². The van der Waals surface area contributed by atoms with Crippen LogP contribution in [0, 0.1) is 5.92 Å². The van der Waals surface area contributed by atoms with Crippen LogP contribution in [-0.2, 0) is 4.79 Å². The Balaban J connectivity index is 2.44. The molecule has 5 heteroatoms. The molecule has 2 amide bonds. The number of urea groups is 1. The minimum atomic E-state index is -0.974. The number of carbonyl (C=O) groups excluding carboxylic acids is 1. The summed E-state index contributed by atoms with van der Waals surface area (Å²) in [5.41, 5.74) is 0. The average molecular weight is 214 g/mol. The van der Waals surface area contributed by atoms with Crippen molar-refractivity contribution >= 4 is 12.0 Å². The van der Waals surface area contributed by atoms with Crippen LogP contribution in [0.2, 0.25) is 0 Å². The van der Waals surface area contributed by atoms with Crippen LogP contribution in [-0.4, -0.2) is 41.1 Å². The van der Waals surface area contributed by atoms with Crippen molar-refractivity contribution in [2.45, 2.75) is 32.7 Å². The fourth-order valence-corrected chi connectivity index (χ4v) is 1.70. The van der Waals surface area contributed by atoms with Crippen LogP contribution in [0.15, 0.2) is 0 Å². The van der Waals surface area contributed by atoms with Crippen molar-refractivity contribution < 1.29 is 14.7 Å². The van der Waals surface area contributed by atoms with Crippen LogP contribution in [0.25, 0.3) is 0 Å². The number of hydrogen-bond donors (Lipinski definition) is 2. The number of rotatable bonds is 3. The number of likely N-dealkylation sites (tertiary alicyclic amines) is 1. The molecule has 1 fully saturated rings. The molecule has 0 saturated carbocycles. The van der Waals surface area contributed by atoms with E-state index in [1.807, 2.05) is 0 Å². The van der Waals surface area contributed by atoms with Crippen molar-refractivity contribution in [3.63, 3.8) is 0 Å². The lowest BCUT2D eigenvalue weighted by molar-refractivity contribution is -0.139. The second-order valence-corrected chi connectivity index (χ2v) is 4.09. The number of aliphatic carboxylic acids is 1. The topological polar surface area (TPSA) is 69.6 Å². The largest absolute Gasteiger partial charge is 0.480 e. The predicted molar refractivity (Wildman–Crippen MR) is 55.6 cm³/mol. The Bertz CT molecular complexity index is 255. The first-order valence-corrected chi connectivity index (χ1v) is 5.32. The van der Waals surface area contributed by atoms with Crippen molar-refractivity contribution in [2.24, 2.45) is 5.92 Å². The Hall–Kier alpha value is -1.26. The Kier molecular flexibility index (Phi) is 3.94. The Labute approximate surface area is 89.4 Å². The Morgan fingerprint density at radius 1 is 1.60 bits per heavy atom. The summed E-state index contributed by atoms with van der Waals surface area (Å²) in [6, 6.07) is -1.03. The highest BCUT2D eigenvalue weighted by molar-refractivity contribution is 5.82. The first-order chi connectivity index (χ1) is 7.04. The number of amides is 2. The maximum atomic E-state index is 11.6. The van der Waals surface area contributed by atoms with Gasteiger partial charge in [-0.1, -0.05) is 13.8 Å². The SMILES string of the molecule is CC[C@H](NC(=O)N1CCC(C)C1)C(=O)O. The van der Waals surface area contributed by atoms with Gasteiger partial charge in [-0.25, -0.2) is 9.59 Å². The van der Waals surface area contributed by atoms with Gasteiger partial charge < -0.3 is 15.3 Å². The summed E-state index contributed by atoms with van der Waals surface area (Å²) in [7, 11) is 0. The lowest BCUT2D eigenvalue weighted by Gasteiger charge is -2.19. The maximum Gasteiger partial charge on any atom is 0.326 e. The zero-order valence-electron chi connectivity index (χ0n) is 9.19. The number of carboxylic acids is 1. The molecule has 1 unspecified atom stereocenters. The van der Waals surface area contributed by atoms with Crippen molar-refractivity contribution in [1.29, 1.82) is 0 Å². The first kappa shape index (κ1) is 11.8. The van der Waals surface area contributed by atoms with E-state index in [9.17, 15) is 9.59 Å². The number of nitrogens with zero attached hydrogens (tertiary/aromatic N) is 1. The molecule has 1 aliphatic rings. The summed E-state index contributed by atoms with van der Waals surface area (Å²) in [6.45, 7) is 5.28. The van der Waals surface area contributed by atoms with E-state index in [1.165, 1.54) is 0 Å². The fraction of sp³-hybridized carbons (Fsp3) is 0.800. The highest BCUT2D eigenvalue weighted by Crippen LogP contribution is 2.14. The molecule has 0 bridgehead atoms. The van der Waals surface area contributed by atoms with E-state index in [-0.39, 0.29) is 6.03 Å². The third kappa shape index (κ3) is 3.11. The number of carbonyl (C=O) groups is 2. The zero-order valence-corrected chi connectivity index (χ0v) is 9.19. The fourth-order valence-electron chi connectivity index (χ4n) is 1.70. The van der Waals surface area contributed by atoms with Gasteiger partial charge in [0.15, 0.2) is 0 Å². The third-order valence-corrected chi connectivity index (χ3v) is 2.72. The van der Waals surface area contributed by atoms with Gasteiger partial charge in [-0.15, -0.1) is 0 Å². The summed E-state index contributed by atoms with van der Waals surface area (Å²) < 4.78 is 0. The standard InChI is InChI=1S/C10H18N2O3/c1-3-8(9(13)14)11-10(15)12-5-4-7(2)6-12/h7-8H,3-6H2,1-2H3,(H,11,15)(H,13,14)/t7?,8-/m0/s1. The van der Waals surface area contributed by atoms with Gasteiger partial charge in [0.05, 0.1) is 0 Å². The average Bonchev–Trinajstić information content (AvgIpc) is 2.60. The van der Waals surface area contributed by atoms with Gasteiger partial charge in [0.2, 0.25) is 0 Å². The molecular formula is C10H18N2O3. The molecule has 86 valence electrons. The van der Waals surface area contributed by atoms with Crippen LogP contribution in [0.4, 0.5) is 4.79 Å². The molecule has 2 atom stereocenters. The van der Waals surface area contributed by atoms with Gasteiger partial charge in [-0.05, 0) is 18.8 Å². The molecule has 0 aliphatic carbocycles.